The summed E-state index contributed by atoms with van der Waals surface area (Å²) in [4.78, 5) is 28.4. The highest BCUT2D eigenvalue weighted by atomic mass is 35.5. The van der Waals surface area contributed by atoms with Crippen LogP contribution in [-0.2, 0) is 29.0 Å². The Balaban J connectivity index is 1.95. The number of nitrogens with zero attached hydrogens (tertiary/aromatic N) is 1. The maximum atomic E-state index is 13.6. The van der Waals surface area contributed by atoms with Gasteiger partial charge in [-0.3, -0.25) is 9.59 Å². The Morgan fingerprint density at radius 1 is 0.912 bits per heavy atom. The molecule has 3 aromatic carbocycles. The van der Waals surface area contributed by atoms with Gasteiger partial charge in [-0.2, -0.15) is 0 Å². The molecule has 0 aromatic heterocycles. The summed E-state index contributed by atoms with van der Waals surface area (Å²) in [7, 11) is 1.60. The van der Waals surface area contributed by atoms with E-state index in [-0.39, 0.29) is 24.8 Å². The van der Waals surface area contributed by atoms with Crippen molar-refractivity contribution in [3.8, 4) is 5.75 Å². The van der Waals surface area contributed by atoms with Gasteiger partial charge in [0.05, 0.1) is 23.6 Å². The molecule has 0 saturated heterocycles. The van der Waals surface area contributed by atoms with Gasteiger partial charge in [0.1, 0.15) is 11.8 Å². The third-order valence-electron chi connectivity index (χ3n) is 5.47. The van der Waals surface area contributed by atoms with E-state index in [1.165, 1.54) is 0 Å². The molecule has 0 spiro atoms. The van der Waals surface area contributed by atoms with Crippen LogP contribution in [0.25, 0.3) is 0 Å². The summed E-state index contributed by atoms with van der Waals surface area (Å²) >= 11 is 12.3. The van der Waals surface area contributed by atoms with Crippen LogP contribution in [0.1, 0.15) is 23.6 Å². The van der Waals surface area contributed by atoms with Gasteiger partial charge >= 0.3 is 0 Å². The lowest BCUT2D eigenvalue weighted by Gasteiger charge is -2.31. The van der Waals surface area contributed by atoms with Crippen molar-refractivity contribution in [1.82, 2.24) is 10.2 Å². The SMILES string of the molecule is CCNC(=O)[C@H](Cc1ccccc1)N(Cc1ccc(Cl)c(Cl)c1)C(=O)Cc1ccc(OC)cc1. The van der Waals surface area contributed by atoms with Crippen LogP contribution in [-0.4, -0.2) is 36.4 Å². The molecule has 0 aliphatic heterocycles. The summed E-state index contributed by atoms with van der Waals surface area (Å²) < 4.78 is 5.21. The molecule has 0 aliphatic carbocycles. The first-order valence-electron chi connectivity index (χ1n) is 11.1. The van der Waals surface area contributed by atoms with Gasteiger partial charge in [-0.25, -0.2) is 0 Å². The minimum absolute atomic E-state index is 0.149. The summed E-state index contributed by atoms with van der Waals surface area (Å²) in [6.45, 7) is 2.55. The number of nitrogens with one attached hydrogen (secondary N) is 1. The van der Waals surface area contributed by atoms with E-state index in [1.807, 2.05) is 67.6 Å². The number of carbonyl (C=O) groups excluding carboxylic acids is 2. The van der Waals surface area contributed by atoms with E-state index in [4.69, 9.17) is 27.9 Å². The fraction of sp³-hybridized carbons (Fsp3) is 0.259. The highest BCUT2D eigenvalue weighted by Crippen LogP contribution is 2.25. The molecule has 0 aliphatic rings. The first-order chi connectivity index (χ1) is 16.4. The maximum absolute atomic E-state index is 13.6. The number of ether oxygens (including phenoxy) is 1. The molecule has 3 rings (SSSR count). The first kappa shape index (κ1) is 25.6. The van der Waals surface area contributed by atoms with Crippen molar-refractivity contribution in [3.05, 3.63) is 99.5 Å². The second kappa shape index (κ2) is 12.4. The topological polar surface area (TPSA) is 58.6 Å². The van der Waals surface area contributed by atoms with Gasteiger partial charge in [0.15, 0.2) is 0 Å². The number of amides is 2. The van der Waals surface area contributed by atoms with Crippen LogP contribution in [0.3, 0.4) is 0 Å². The van der Waals surface area contributed by atoms with Crippen LogP contribution in [0.5, 0.6) is 5.75 Å². The minimum atomic E-state index is -0.692. The van der Waals surface area contributed by atoms with E-state index in [9.17, 15) is 9.59 Å². The third kappa shape index (κ3) is 6.99. The van der Waals surface area contributed by atoms with Crippen LogP contribution in [0.4, 0.5) is 0 Å². The van der Waals surface area contributed by atoms with Gasteiger partial charge in [-0.1, -0.05) is 71.7 Å². The molecule has 5 nitrogen and oxygen atoms in total. The molecule has 34 heavy (non-hydrogen) atoms. The molecule has 7 heteroatoms. The summed E-state index contributed by atoms with van der Waals surface area (Å²) in [6, 6.07) is 21.6. The molecule has 2 amide bonds. The smallest absolute Gasteiger partial charge is 0.243 e. The molecule has 178 valence electrons. The molecule has 0 bridgehead atoms. The molecule has 0 heterocycles. The number of hydrogen-bond donors (Lipinski definition) is 1. The number of likely N-dealkylation sites (N-methyl/N-ethyl adjacent to an activating group) is 1. The van der Waals surface area contributed by atoms with Crippen LogP contribution < -0.4 is 10.1 Å². The molecule has 0 saturated carbocycles. The maximum Gasteiger partial charge on any atom is 0.243 e. The van der Waals surface area contributed by atoms with Gasteiger partial charge in [-0.15, -0.1) is 0 Å². The lowest BCUT2D eigenvalue weighted by Crippen LogP contribution is -2.50. The average Bonchev–Trinajstić information content (AvgIpc) is 2.84. The van der Waals surface area contributed by atoms with Gasteiger partial charge < -0.3 is 15.0 Å². The Labute approximate surface area is 210 Å². The second-order valence-electron chi connectivity index (χ2n) is 7.90. The minimum Gasteiger partial charge on any atom is -0.497 e. The predicted octanol–water partition coefficient (Wildman–Crippen LogP) is 5.32. The fourth-order valence-electron chi connectivity index (χ4n) is 3.70. The molecule has 3 aromatic rings. The number of rotatable bonds is 10. The van der Waals surface area contributed by atoms with Crippen molar-refractivity contribution in [1.29, 1.82) is 0 Å². The monoisotopic (exact) mass is 498 g/mol. The van der Waals surface area contributed by atoms with E-state index in [0.29, 0.717) is 28.8 Å². The van der Waals surface area contributed by atoms with Gasteiger partial charge in [0.2, 0.25) is 11.8 Å². The number of benzene rings is 3. The van der Waals surface area contributed by atoms with Crippen molar-refractivity contribution in [2.45, 2.75) is 32.4 Å². The third-order valence-corrected chi connectivity index (χ3v) is 6.21. The highest BCUT2D eigenvalue weighted by Gasteiger charge is 2.30. The molecule has 0 fully saturated rings. The van der Waals surface area contributed by atoms with Crippen LogP contribution in [0.2, 0.25) is 10.0 Å². The van der Waals surface area contributed by atoms with Crippen molar-refractivity contribution in [3.63, 3.8) is 0 Å². The van der Waals surface area contributed by atoms with Gasteiger partial charge in [0.25, 0.3) is 0 Å². The summed E-state index contributed by atoms with van der Waals surface area (Å²) in [5.74, 6) is 0.353. The number of halogens is 2. The molecule has 1 N–H and O–H groups in total. The summed E-state index contributed by atoms with van der Waals surface area (Å²) in [5.41, 5.74) is 2.59. The van der Waals surface area contributed by atoms with Crippen LogP contribution in [0, 0.1) is 0 Å². The summed E-state index contributed by atoms with van der Waals surface area (Å²) in [6.07, 6.45) is 0.540. The first-order valence-corrected chi connectivity index (χ1v) is 11.8. The summed E-state index contributed by atoms with van der Waals surface area (Å²) in [5, 5.41) is 3.73. The standard InChI is InChI=1S/C27H28Cl2N2O3/c1-3-30-27(33)25(16-19-7-5-4-6-8-19)31(18-21-11-14-23(28)24(29)15-21)26(32)17-20-9-12-22(34-2)13-10-20/h4-15,25H,3,16-18H2,1-2H3,(H,30,33)/t25-/m0/s1. The molecular formula is C27H28Cl2N2O3. The lowest BCUT2D eigenvalue weighted by atomic mass is 10.0. The zero-order chi connectivity index (χ0) is 24.5. The Hall–Kier alpha value is -3.02. The normalized spacial score (nSPS) is 11.5. The van der Waals surface area contributed by atoms with E-state index < -0.39 is 6.04 Å². The molecular weight excluding hydrogens is 471 g/mol. The van der Waals surface area contributed by atoms with Crippen molar-refractivity contribution >= 4 is 35.0 Å². The highest BCUT2D eigenvalue weighted by molar-refractivity contribution is 6.42. The van der Waals surface area contributed by atoms with Crippen LogP contribution in [0.15, 0.2) is 72.8 Å². The van der Waals surface area contributed by atoms with Gasteiger partial charge in [-0.05, 0) is 47.9 Å². The van der Waals surface area contributed by atoms with Crippen molar-refractivity contribution < 1.29 is 14.3 Å². The fourth-order valence-corrected chi connectivity index (χ4v) is 4.02. The number of carbonyl (C=O) groups is 2. The predicted molar refractivity (Wildman–Crippen MR) is 136 cm³/mol. The number of hydrogen-bond acceptors (Lipinski definition) is 3. The molecule has 0 unspecified atom stereocenters. The second-order valence-corrected chi connectivity index (χ2v) is 8.71. The Kier molecular flexibility index (Phi) is 9.37. The Morgan fingerprint density at radius 2 is 1.59 bits per heavy atom. The quantitative estimate of drug-likeness (QED) is 0.411. The lowest BCUT2D eigenvalue weighted by molar-refractivity contribution is -0.140. The van der Waals surface area contributed by atoms with Gasteiger partial charge in [0, 0.05) is 19.5 Å². The Bertz CT molecular complexity index is 1100. The average molecular weight is 499 g/mol. The largest absolute Gasteiger partial charge is 0.497 e. The Morgan fingerprint density at radius 3 is 2.21 bits per heavy atom. The van der Waals surface area contributed by atoms with E-state index >= 15 is 0 Å². The zero-order valence-corrected chi connectivity index (χ0v) is 20.8. The van der Waals surface area contributed by atoms with Crippen molar-refractivity contribution in [2.24, 2.45) is 0 Å². The van der Waals surface area contributed by atoms with Crippen molar-refractivity contribution in [2.75, 3.05) is 13.7 Å². The van der Waals surface area contributed by atoms with E-state index in [0.717, 1.165) is 16.7 Å². The van der Waals surface area contributed by atoms with Crippen LogP contribution >= 0.6 is 23.2 Å². The van der Waals surface area contributed by atoms with E-state index in [1.54, 1.807) is 24.1 Å². The number of methoxy groups -OCH3 is 1. The van der Waals surface area contributed by atoms with E-state index in [2.05, 4.69) is 5.32 Å². The molecule has 1 atom stereocenters. The zero-order valence-electron chi connectivity index (χ0n) is 19.3. The molecule has 0 radical (unpaired) electrons.